The third-order valence-corrected chi connectivity index (χ3v) is 2.69. The summed E-state index contributed by atoms with van der Waals surface area (Å²) in [5.41, 5.74) is 6.06. The Kier molecular flexibility index (Phi) is 6.14. The SMILES string of the molecule is CCCCCCCCC(=O)Nc1[nH]ncc1N. The number of anilines is 2. The van der Waals surface area contributed by atoms with E-state index in [2.05, 4.69) is 22.4 Å². The van der Waals surface area contributed by atoms with Crippen molar-refractivity contribution in [3.8, 4) is 0 Å². The summed E-state index contributed by atoms with van der Waals surface area (Å²) >= 11 is 0. The molecule has 0 aliphatic rings. The van der Waals surface area contributed by atoms with Crippen molar-refractivity contribution in [2.45, 2.75) is 51.9 Å². The van der Waals surface area contributed by atoms with Crippen LogP contribution in [0.25, 0.3) is 0 Å². The number of amides is 1. The fourth-order valence-electron chi connectivity index (χ4n) is 1.66. The number of nitrogens with one attached hydrogen (secondary N) is 2. The number of rotatable bonds is 8. The highest BCUT2D eigenvalue weighted by Crippen LogP contribution is 2.13. The Bertz CT molecular complexity index is 335. The first kappa shape index (κ1) is 13.5. The predicted molar refractivity (Wildman–Crippen MR) is 69.6 cm³/mol. The smallest absolute Gasteiger partial charge is 0.225 e. The largest absolute Gasteiger partial charge is 0.394 e. The number of aromatic nitrogens is 2. The van der Waals surface area contributed by atoms with Crippen molar-refractivity contribution in [3.05, 3.63) is 6.20 Å². The predicted octanol–water partition coefficient (Wildman–Crippen LogP) is 2.68. The number of carbonyl (C=O) groups excluding carboxylic acids is 1. The van der Waals surface area contributed by atoms with Gasteiger partial charge in [0.1, 0.15) is 0 Å². The highest BCUT2D eigenvalue weighted by atomic mass is 16.1. The maximum atomic E-state index is 11.5. The van der Waals surface area contributed by atoms with Crippen LogP contribution in [0.1, 0.15) is 51.9 Å². The van der Waals surface area contributed by atoms with Crippen LogP contribution in [0.2, 0.25) is 0 Å². The highest BCUT2D eigenvalue weighted by molar-refractivity contribution is 5.92. The number of H-pyrrole nitrogens is 1. The van der Waals surface area contributed by atoms with E-state index in [1.165, 1.54) is 31.9 Å². The molecule has 1 aromatic heterocycles. The van der Waals surface area contributed by atoms with Gasteiger partial charge < -0.3 is 11.1 Å². The first-order valence-corrected chi connectivity index (χ1v) is 6.32. The zero-order valence-electron chi connectivity index (χ0n) is 10.5. The fourth-order valence-corrected chi connectivity index (χ4v) is 1.66. The Morgan fingerprint density at radius 2 is 2.06 bits per heavy atom. The number of nitrogens with two attached hydrogens (primary N) is 1. The molecule has 0 atom stereocenters. The number of hydrogen-bond donors (Lipinski definition) is 3. The topological polar surface area (TPSA) is 83.8 Å². The highest BCUT2D eigenvalue weighted by Gasteiger charge is 2.05. The second kappa shape index (κ2) is 7.70. The summed E-state index contributed by atoms with van der Waals surface area (Å²) in [5.74, 6) is 0.498. The standard InChI is InChI=1S/C12H22N4O/c1-2-3-4-5-6-7-8-11(17)15-12-10(13)9-14-16-12/h9H,2-8,13H2,1H3,(H2,14,15,16,17). The Morgan fingerprint density at radius 3 is 2.71 bits per heavy atom. The number of nitrogen functional groups attached to an aromatic ring is 1. The van der Waals surface area contributed by atoms with Crippen LogP contribution in [0.4, 0.5) is 11.5 Å². The number of unbranched alkanes of at least 4 members (excludes halogenated alkanes) is 5. The van der Waals surface area contributed by atoms with E-state index < -0.39 is 0 Å². The van der Waals surface area contributed by atoms with Crippen LogP contribution in [0, 0.1) is 0 Å². The van der Waals surface area contributed by atoms with Crippen LogP contribution in [0.5, 0.6) is 0 Å². The summed E-state index contributed by atoms with van der Waals surface area (Å²) in [6.45, 7) is 2.20. The summed E-state index contributed by atoms with van der Waals surface area (Å²) < 4.78 is 0. The Morgan fingerprint density at radius 1 is 1.35 bits per heavy atom. The lowest BCUT2D eigenvalue weighted by molar-refractivity contribution is -0.116. The fraction of sp³-hybridized carbons (Fsp3) is 0.667. The van der Waals surface area contributed by atoms with E-state index in [0.717, 1.165) is 12.8 Å². The number of hydrogen-bond acceptors (Lipinski definition) is 3. The van der Waals surface area contributed by atoms with Gasteiger partial charge in [0.25, 0.3) is 0 Å². The summed E-state index contributed by atoms with van der Waals surface area (Å²) in [4.78, 5) is 11.5. The molecule has 1 aromatic rings. The van der Waals surface area contributed by atoms with Crippen molar-refractivity contribution in [2.24, 2.45) is 0 Å². The van der Waals surface area contributed by atoms with Crippen LogP contribution >= 0.6 is 0 Å². The molecule has 0 unspecified atom stereocenters. The molecule has 0 fully saturated rings. The maximum absolute atomic E-state index is 11.5. The number of carbonyl (C=O) groups is 1. The Balaban J connectivity index is 2.08. The van der Waals surface area contributed by atoms with E-state index in [1.807, 2.05) is 0 Å². The zero-order valence-corrected chi connectivity index (χ0v) is 10.5. The summed E-state index contributed by atoms with van der Waals surface area (Å²) in [7, 11) is 0. The lowest BCUT2D eigenvalue weighted by Crippen LogP contribution is -2.12. The van der Waals surface area contributed by atoms with Crippen LogP contribution in [-0.4, -0.2) is 16.1 Å². The normalized spacial score (nSPS) is 10.4. The molecule has 0 saturated heterocycles. The first-order valence-electron chi connectivity index (χ1n) is 6.32. The third kappa shape index (κ3) is 5.38. The Labute approximate surface area is 102 Å². The van der Waals surface area contributed by atoms with E-state index in [4.69, 9.17) is 5.73 Å². The molecular formula is C12H22N4O. The molecule has 5 heteroatoms. The molecular weight excluding hydrogens is 216 g/mol. The summed E-state index contributed by atoms with van der Waals surface area (Å²) in [6, 6.07) is 0. The van der Waals surface area contributed by atoms with Gasteiger partial charge in [-0.2, -0.15) is 5.10 Å². The van der Waals surface area contributed by atoms with Gasteiger partial charge in [0.2, 0.25) is 5.91 Å². The quantitative estimate of drug-likeness (QED) is 0.609. The molecule has 0 aromatic carbocycles. The molecule has 96 valence electrons. The molecule has 0 bridgehead atoms. The minimum atomic E-state index is -0.00329. The molecule has 0 aliphatic carbocycles. The Hall–Kier alpha value is -1.52. The van der Waals surface area contributed by atoms with Gasteiger partial charge in [0.05, 0.1) is 11.9 Å². The van der Waals surface area contributed by atoms with Crippen molar-refractivity contribution in [1.29, 1.82) is 0 Å². The summed E-state index contributed by atoms with van der Waals surface area (Å²) in [5, 5.41) is 9.10. The van der Waals surface area contributed by atoms with Crippen molar-refractivity contribution >= 4 is 17.4 Å². The minimum absolute atomic E-state index is 0.00329. The monoisotopic (exact) mass is 238 g/mol. The van der Waals surface area contributed by atoms with Crippen LogP contribution in [0.3, 0.4) is 0 Å². The van der Waals surface area contributed by atoms with E-state index >= 15 is 0 Å². The number of nitrogens with zero attached hydrogens (tertiary/aromatic N) is 1. The van der Waals surface area contributed by atoms with Gasteiger partial charge in [-0.3, -0.25) is 9.89 Å². The van der Waals surface area contributed by atoms with Crippen molar-refractivity contribution in [3.63, 3.8) is 0 Å². The minimum Gasteiger partial charge on any atom is -0.394 e. The molecule has 1 rings (SSSR count). The second-order valence-electron chi connectivity index (χ2n) is 4.27. The lowest BCUT2D eigenvalue weighted by atomic mass is 10.1. The van der Waals surface area contributed by atoms with E-state index in [0.29, 0.717) is 17.9 Å². The zero-order chi connectivity index (χ0) is 12.5. The maximum Gasteiger partial charge on any atom is 0.225 e. The van der Waals surface area contributed by atoms with Crippen LogP contribution < -0.4 is 11.1 Å². The lowest BCUT2D eigenvalue weighted by Gasteiger charge is -2.03. The average molecular weight is 238 g/mol. The van der Waals surface area contributed by atoms with E-state index in [9.17, 15) is 4.79 Å². The van der Waals surface area contributed by atoms with Crippen molar-refractivity contribution in [2.75, 3.05) is 11.1 Å². The molecule has 1 heterocycles. The van der Waals surface area contributed by atoms with Gasteiger partial charge in [0, 0.05) is 6.42 Å². The molecule has 0 aliphatic heterocycles. The van der Waals surface area contributed by atoms with Gasteiger partial charge in [-0.05, 0) is 6.42 Å². The molecule has 0 saturated carbocycles. The van der Waals surface area contributed by atoms with Gasteiger partial charge >= 0.3 is 0 Å². The molecule has 5 nitrogen and oxygen atoms in total. The van der Waals surface area contributed by atoms with Crippen LogP contribution in [0.15, 0.2) is 6.20 Å². The van der Waals surface area contributed by atoms with Gasteiger partial charge in [-0.25, -0.2) is 0 Å². The third-order valence-electron chi connectivity index (χ3n) is 2.69. The number of aromatic amines is 1. The van der Waals surface area contributed by atoms with E-state index in [-0.39, 0.29) is 5.91 Å². The van der Waals surface area contributed by atoms with Gasteiger partial charge in [-0.15, -0.1) is 0 Å². The van der Waals surface area contributed by atoms with Crippen molar-refractivity contribution in [1.82, 2.24) is 10.2 Å². The van der Waals surface area contributed by atoms with Gasteiger partial charge in [0.15, 0.2) is 5.82 Å². The van der Waals surface area contributed by atoms with Gasteiger partial charge in [-0.1, -0.05) is 39.0 Å². The average Bonchev–Trinajstić information content (AvgIpc) is 2.69. The molecule has 0 radical (unpaired) electrons. The van der Waals surface area contributed by atoms with E-state index in [1.54, 1.807) is 0 Å². The van der Waals surface area contributed by atoms with Crippen LogP contribution in [-0.2, 0) is 4.79 Å². The molecule has 4 N–H and O–H groups in total. The molecule has 0 spiro atoms. The molecule has 1 amide bonds. The summed E-state index contributed by atoms with van der Waals surface area (Å²) in [6.07, 6.45) is 9.11. The first-order chi connectivity index (χ1) is 8.24. The molecule has 17 heavy (non-hydrogen) atoms. The van der Waals surface area contributed by atoms with Crippen molar-refractivity contribution < 1.29 is 4.79 Å². The second-order valence-corrected chi connectivity index (χ2v) is 4.27.